The molecule has 1 aliphatic carbocycles. The summed E-state index contributed by atoms with van der Waals surface area (Å²) < 4.78 is 64.0. The van der Waals surface area contributed by atoms with E-state index in [4.69, 9.17) is 5.73 Å². The van der Waals surface area contributed by atoms with Crippen LogP contribution in [-0.4, -0.2) is 12.1 Å². The zero-order chi connectivity index (χ0) is 16.1. The normalized spacial score (nSPS) is 14.7. The van der Waals surface area contributed by atoms with Crippen molar-refractivity contribution in [3.8, 4) is 11.1 Å². The summed E-state index contributed by atoms with van der Waals surface area (Å²) in [6.45, 7) is 0. The molecule has 0 bridgehead atoms. The lowest BCUT2D eigenvalue weighted by Crippen LogP contribution is -2.45. The van der Waals surface area contributed by atoms with Crippen molar-refractivity contribution in [3.63, 3.8) is 0 Å². The Morgan fingerprint density at radius 3 is 2.13 bits per heavy atom. The maximum Gasteiger partial charge on any atom is 0.455 e. The molecule has 1 nitrogen and oxygen atoms in total. The average Bonchev–Trinajstić information content (AvgIpc) is 2.82. The number of hydrogen-bond acceptors (Lipinski definition) is 1. The number of rotatable bonds is 2. The molecule has 0 fully saturated rings. The number of alkyl halides is 5. The molecule has 0 amide bonds. The molecule has 0 unspecified atom stereocenters. The summed E-state index contributed by atoms with van der Waals surface area (Å²) in [6, 6.07) is 9.24. The number of benzene rings is 2. The largest absolute Gasteiger partial charge is 0.455 e. The van der Waals surface area contributed by atoms with Crippen molar-refractivity contribution in [2.45, 2.75) is 24.6 Å². The van der Waals surface area contributed by atoms with Crippen molar-refractivity contribution >= 4 is 12.4 Å². The number of nitrogens with two attached hydrogens (primary N) is 1. The summed E-state index contributed by atoms with van der Waals surface area (Å²) in [7, 11) is 0. The second kappa shape index (κ2) is 5.76. The zero-order valence-corrected chi connectivity index (χ0v) is 12.5. The van der Waals surface area contributed by atoms with Crippen LogP contribution in [0.15, 0.2) is 42.5 Å². The fraction of sp³-hybridized carbons (Fsp3) is 0.250. The van der Waals surface area contributed by atoms with Crippen LogP contribution >= 0.6 is 12.4 Å². The van der Waals surface area contributed by atoms with Crippen molar-refractivity contribution in [2.24, 2.45) is 5.73 Å². The second-order valence-corrected chi connectivity index (χ2v) is 5.35. The molecule has 0 heterocycles. The molecule has 7 heteroatoms. The van der Waals surface area contributed by atoms with Gasteiger partial charge in [0.2, 0.25) is 0 Å². The van der Waals surface area contributed by atoms with Crippen molar-refractivity contribution < 1.29 is 22.0 Å². The molecule has 2 N–H and O–H groups in total. The van der Waals surface area contributed by atoms with Crippen LogP contribution in [0.1, 0.15) is 22.7 Å². The molecule has 3 rings (SSSR count). The van der Waals surface area contributed by atoms with Gasteiger partial charge < -0.3 is 5.73 Å². The first kappa shape index (κ1) is 17.7. The Morgan fingerprint density at radius 2 is 1.48 bits per heavy atom. The monoisotopic (exact) mass is 349 g/mol. The van der Waals surface area contributed by atoms with Gasteiger partial charge in [0.05, 0.1) is 0 Å². The lowest BCUT2D eigenvalue weighted by Gasteiger charge is -2.26. The molecule has 2 aromatic carbocycles. The van der Waals surface area contributed by atoms with Crippen LogP contribution in [-0.2, 0) is 6.42 Å². The number of hydrogen-bond donors (Lipinski definition) is 1. The van der Waals surface area contributed by atoms with Gasteiger partial charge >= 0.3 is 12.1 Å². The first-order chi connectivity index (χ1) is 10.2. The fourth-order valence-electron chi connectivity index (χ4n) is 2.74. The summed E-state index contributed by atoms with van der Waals surface area (Å²) in [5, 5.41) is 0. The van der Waals surface area contributed by atoms with Crippen LogP contribution in [0.5, 0.6) is 0 Å². The van der Waals surface area contributed by atoms with E-state index < -0.39 is 18.1 Å². The van der Waals surface area contributed by atoms with E-state index in [1.807, 2.05) is 24.3 Å². The lowest BCUT2D eigenvalue weighted by molar-refractivity contribution is -0.291. The highest BCUT2D eigenvalue weighted by molar-refractivity contribution is 5.85. The van der Waals surface area contributed by atoms with E-state index in [1.165, 1.54) is 12.1 Å². The SMILES string of the molecule is Cl.N[C@H](c1ccc2c(c1)Cc1ccccc1-2)C(F)(F)C(F)(F)F. The molecule has 0 aliphatic heterocycles. The quantitative estimate of drug-likeness (QED) is 0.656. The van der Waals surface area contributed by atoms with Gasteiger partial charge in [0, 0.05) is 0 Å². The fourth-order valence-corrected chi connectivity index (χ4v) is 2.74. The summed E-state index contributed by atoms with van der Waals surface area (Å²) >= 11 is 0. The second-order valence-electron chi connectivity index (χ2n) is 5.35. The van der Waals surface area contributed by atoms with E-state index >= 15 is 0 Å². The topological polar surface area (TPSA) is 26.0 Å². The highest BCUT2D eigenvalue weighted by Crippen LogP contribution is 2.45. The average molecular weight is 350 g/mol. The summed E-state index contributed by atoms with van der Waals surface area (Å²) in [4.78, 5) is 0. The predicted octanol–water partition coefficient (Wildman–Crippen LogP) is 4.88. The van der Waals surface area contributed by atoms with Gasteiger partial charge in [-0.15, -0.1) is 12.4 Å². The number of fused-ring (bicyclic) bond motifs is 3. The Morgan fingerprint density at radius 1 is 0.870 bits per heavy atom. The maximum absolute atomic E-state index is 13.4. The number of halogens is 6. The Bertz CT molecular complexity index is 727. The van der Waals surface area contributed by atoms with Crippen molar-refractivity contribution in [2.75, 3.05) is 0 Å². The smallest absolute Gasteiger partial charge is 0.319 e. The molecule has 0 aromatic heterocycles. The van der Waals surface area contributed by atoms with Crippen LogP contribution in [0.3, 0.4) is 0 Å². The van der Waals surface area contributed by atoms with Crippen LogP contribution in [0.2, 0.25) is 0 Å². The van der Waals surface area contributed by atoms with Gasteiger partial charge in [-0.2, -0.15) is 22.0 Å². The third-order valence-electron chi connectivity index (χ3n) is 3.95. The predicted molar refractivity (Wildman–Crippen MR) is 79.9 cm³/mol. The van der Waals surface area contributed by atoms with Crippen LogP contribution in [0.25, 0.3) is 11.1 Å². The van der Waals surface area contributed by atoms with Gasteiger partial charge in [0.1, 0.15) is 6.04 Å². The van der Waals surface area contributed by atoms with E-state index in [0.717, 1.165) is 16.7 Å². The van der Waals surface area contributed by atoms with E-state index in [9.17, 15) is 22.0 Å². The van der Waals surface area contributed by atoms with Crippen LogP contribution < -0.4 is 5.73 Å². The molecule has 0 spiro atoms. The Hall–Kier alpha value is -1.66. The molecule has 0 radical (unpaired) electrons. The maximum atomic E-state index is 13.4. The standard InChI is InChI=1S/C16H12F5N.ClH/c17-15(18,16(19,20)21)14(22)10-5-6-13-11(8-10)7-9-3-1-2-4-12(9)13;/h1-6,8,14H,7,22H2;1H/t14-;/m1./s1. The molecular weight excluding hydrogens is 337 g/mol. The van der Waals surface area contributed by atoms with Gasteiger partial charge in [-0.1, -0.05) is 42.5 Å². The van der Waals surface area contributed by atoms with Gasteiger partial charge in [0.15, 0.2) is 0 Å². The lowest BCUT2D eigenvalue weighted by atomic mass is 9.96. The molecule has 1 atom stereocenters. The van der Waals surface area contributed by atoms with Gasteiger partial charge in [0.25, 0.3) is 0 Å². The van der Waals surface area contributed by atoms with Crippen molar-refractivity contribution in [1.29, 1.82) is 0 Å². The first-order valence-corrected chi connectivity index (χ1v) is 6.63. The minimum absolute atomic E-state index is 0. The first-order valence-electron chi connectivity index (χ1n) is 6.63. The van der Waals surface area contributed by atoms with E-state index in [2.05, 4.69) is 0 Å². The highest BCUT2D eigenvalue weighted by atomic mass is 35.5. The summed E-state index contributed by atoms with van der Waals surface area (Å²) in [6.07, 6.45) is -5.17. The third-order valence-corrected chi connectivity index (χ3v) is 3.95. The van der Waals surface area contributed by atoms with Crippen molar-refractivity contribution in [3.05, 3.63) is 59.2 Å². The van der Waals surface area contributed by atoms with Gasteiger partial charge in [-0.05, 0) is 34.2 Å². The van der Waals surface area contributed by atoms with E-state index in [-0.39, 0.29) is 18.0 Å². The minimum Gasteiger partial charge on any atom is -0.319 e. The van der Waals surface area contributed by atoms with Crippen molar-refractivity contribution in [1.82, 2.24) is 0 Å². The molecule has 124 valence electrons. The Balaban J connectivity index is 0.00000192. The highest BCUT2D eigenvalue weighted by Gasteiger charge is 2.61. The van der Waals surface area contributed by atoms with Gasteiger partial charge in [-0.25, -0.2) is 0 Å². The molecule has 1 aliphatic rings. The molecule has 2 aromatic rings. The minimum atomic E-state index is -5.67. The van der Waals surface area contributed by atoms with Crippen LogP contribution in [0.4, 0.5) is 22.0 Å². The molecular formula is C16H13ClF5N. The molecule has 0 saturated carbocycles. The zero-order valence-electron chi connectivity index (χ0n) is 11.7. The van der Waals surface area contributed by atoms with Crippen LogP contribution in [0, 0.1) is 0 Å². The van der Waals surface area contributed by atoms with Gasteiger partial charge in [-0.3, -0.25) is 0 Å². The Labute approximate surface area is 135 Å². The Kier molecular flexibility index (Phi) is 4.43. The van der Waals surface area contributed by atoms with E-state index in [1.54, 1.807) is 6.07 Å². The summed E-state index contributed by atoms with van der Waals surface area (Å²) in [5.41, 5.74) is 8.53. The van der Waals surface area contributed by atoms with E-state index in [0.29, 0.717) is 12.0 Å². The molecule has 23 heavy (non-hydrogen) atoms. The molecule has 0 saturated heterocycles. The third kappa shape index (κ3) is 2.81. The summed E-state index contributed by atoms with van der Waals surface area (Å²) in [5.74, 6) is -4.97.